The van der Waals surface area contributed by atoms with Gasteiger partial charge in [0.2, 0.25) is 0 Å². The van der Waals surface area contributed by atoms with Gasteiger partial charge in [0.1, 0.15) is 11.8 Å². The Morgan fingerprint density at radius 3 is 1.50 bits per heavy atom. The average molecular weight is 250 g/mol. The van der Waals surface area contributed by atoms with E-state index in [1.807, 2.05) is 0 Å². The summed E-state index contributed by atoms with van der Waals surface area (Å²) in [5.41, 5.74) is 7.21. The number of benzene rings is 1. The molecule has 0 aliphatic heterocycles. The van der Waals surface area contributed by atoms with Gasteiger partial charge in [0.15, 0.2) is 0 Å². The van der Waals surface area contributed by atoms with Crippen molar-refractivity contribution in [3.8, 4) is 5.75 Å². The van der Waals surface area contributed by atoms with E-state index in [1.54, 1.807) is 0 Å². The highest BCUT2D eigenvalue weighted by Crippen LogP contribution is 2.40. The molecule has 18 heavy (non-hydrogen) atoms. The minimum atomic E-state index is -0.0605. The molecule has 102 valence electrons. The Morgan fingerprint density at radius 2 is 1.28 bits per heavy atom. The molecular formula is C16H28NO+. The molecule has 0 bridgehead atoms. The van der Waals surface area contributed by atoms with Crippen LogP contribution < -0.4 is 5.73 Å². The Kier molecular flexibility index (Phi) is 3.83. The molecule has 0 aromatic heterocycles. The topological polar surface area (TPSA) is 47.9 Å². The summed E-state index contributed by atoms with van der Waals surface area (Å²) < 4.78 is 0. The normalized spacial score (nSPS) is 14.7. The van der Waals surface area contributed by atoms with Gasteiger partial charge in [-0.05, 0) is 29.9 Å². The Morgan fingerprint density at radius 1 is 0.944 bits per heavy atom. The number of quaternary nitrogens is 1. The van der Waals surface area contributed by atoms with E-state index in [4.69, 9.17) is 0 Å². The van der Waals surface area contributed by atoms with Crippen LogP contribution >= 0.6 is 0 Å². The Balaban J connectivity index is 3.59. The quantitative estimate of drug-likeness (QED) is 0.789. The Bertz CT molecular complexity index is 398. The molecule has 0 heterocycles. The maximum atomic E-state index is 10.5. The number of hydrogen-bond acceptors (Lipinski definition) is 1. The van der Waals surface area contributed by atoms with Crippen molar-refractivity contribution in [2.75, 3.05) is 0 Å². The first-order valence-corrected chi connectivity index (χ1v) is 6.65. The van der Waals surface area contributed by atoms with Gasteiger partial charge in [0, 0.05) is 16.7 Å². The number of phenolic OH excluding ortho intramolecular Hbond substituents is 1. The second-order valence-corrected chi connectivity index (χ2v) is 7.37. The van der Waals surface area contributed by atoms with E-state index < -0.39 is 0 Å². The highest BCUT2D eigenvalue weighted by Gasteiger charge is 2.27. The lowest BCUT2D eigenvalue weighted by molar-refractivity contribution is -0.420. The molecule has 4 N–H and O–H groups in total. The molecule has 1 rings (SSSR count). The number of aromatic hydroxyl groups is 1. The van der Waals surface area contributed by atoms with Crippen LogP contribution in [0.15, 0.2) is 12.1 Å². The lowest BCUT2D eigenvalue weighted by Crippen LogP contribution is -2.51. The van der Waals surface area contributed by atoms with Crippen molar-refractivity contribution >= 4 is 0 Å². The average Bonchev–Trinajstić information content (AvgIpc) is 2.13. The molecule has 0 saturated carbocycles. The van der Waals surface area contributed by atoms with Gasteiger partial charge in [0.25, 0.3) is 0 Å². The first kappa shape index (κ1) is 15.0. The maximum absolute atomic E-state index is 10.5. The Labute approximate surface area is 111 Å². The lowest BCUT2D eigenvalue weighted by atomic mass is 9.78. The minimum absolute atomic E-state index is 0.0605. The third-order valence-corrected chi connectivity index (χ3v) is 3.32. The second-order valence-electron chi connectivity index (χ2n) is 7.37. The molecular weight excluding hydrogens is 222 g/mol. The number of phenols is 1. The lowest BCUT2D eigenvalue weighted by Gasteiger charge is -2.28. The van der Waals surface area contributed by atoms with E-state index in [9.17, 15) is 5.11 Å². The maximum Gasteiger partial charge on any atom is 0.123 e. The first-order chi connectivity index (χ1) is 7.94. The van der Waals surface area contributed by atoms with Gasteiger partial charge in [0.05, 0.1) is 0 Å². The van der Waals surface area contributed by atoms with Crippen LogP contribution in [0.5, 0.6) is 5.75 Å². The van der Waals surface area contributed by atoms with E-state index in [0.717, 1.165) is 11.1 Å². The van der Waals surface area contributed by atoms with Crippen LogP contribution in [0.2, 0.25) is 0 Å². The predicted molar refractivity (Wildman–Crippen MR) is 76.8 cm³/mol. The zero-order valence-electron chi connectivity index (χ0n) is 12.9. The van der Waals surface area contributed by atoms with Gasteiger partial charge in [-0.1, -0.05) is 41.5 Å². The fourth-order valence-corrected chi connectivity index (χ4v) is 2.08. The summed E-state index contributed by atoms with van der Waals surface area (Å²) in [7, 11) is 0. The summed E-state index contributed by atoms with van der Waals surface area (Å²) in [5.74, 6) is 0.444. The van der Waals surface area contributed by atoms with Crippen LogP contribution in [0.4, 0.5) is 0 Å². The summed E-state index contributed by atoms with van der Waals surface area (Å²) in [6.07, 6.45) is 0. The van der Waals surface area contributed by atoms with Gasteiger partial charge in [-0.25, -0.2) is 0 Å². The van der Waals surface area contributed by atoms with Gasteiger partial charge in [-0.15, -0.1) is 0 Å². The van der Waals surface area contributed by atoms with Crippen molar-refractivity contribution in [1.29, 1.82) is 0 Å². The van der Waals surface area contributed by atoms with Gasteiger partial charge < -0.3 is 10.8 Å². The third kappa shape index (κ3) is 3.05. The molecule has 1 atom stereocenters. The highest BCUT2D eigenvalue weighted by atomic mass is 16.3. The van der Waals surface area contributed by atoms with Crippen molar-refractivity contribution in [3.05, 3.63) is 28.8 Å². The SMILES string of the molecule is C[C@@H]([NH3+])c1cc(C(C)(C)C)c(O)c(C(C)(C)C)c1. The van der Waals surface area contributed by atoms with E-state index in [2.05, 4.69) is 66.3 Å². The van der Waals surface area contributed by atoms with Crippen molar-refractivity contribution in [2.24, 2.45) is 0 Å². The van der Waals surface area contributed by atoms with E-state index >= 15 is 0 Å². The monoisotopic (exact) mass is 250 g/mol. The molecule has 1 aromatic carbocycles. The second kappa shape index (κ2) is 4.58. The zero-order valence-corrected chi connectivity index (χ0v) is 12.9. The minimum Gasteiger partial charge on any atom is -0.507 e. The molecule has 0 fully saturated rings. The van der Waals surface area contributed by atoms with Crippen LogP contribution in [-0.2, 0) is 10.8 Å². The fourth-order valence-electron chi connectivity index (χ4n) is 2.08. The zero-order chi connectivity index (χ0) is 14.3. The highest BCUT2D eigenvalue weighted by molar-refractivity contribution is 5.50. The molecule has 0 spiro atoms. The number of hydrogen-bond donors (Lipinski definition) is 2. The third-order valence-electron chi connectivity index (χ3n) is 3.32. The van der Waals surface area contributed by atoms with Crippen LogP contribution in [0.25, 0.3) is 0 Å². The van der Waals surface area contributed by atoms with Gasteiger partial charge in [-0.2, -0.15) is 0 Å². The van der Waals surface area contributed by atoms with Crippen molar-refractivity contribution < 1.29 is 10.8 Å². The fraction of sp³-hybridized carbons (Fsp3) is 0.625. The smallest absolute Gasteiger partial charge is 0.123 e. The molecule has 2 heteroatoms. The molecule has 0 aliphatic carbocycles. The summed E-state index contributed by atoms with van der Waals surface area (Å²) in [6, 6.07) is 4.43. The van der Waals surface area contributed by atoms with Crippen LogP contribution in [-0.4, -0.2) is 5.11 Å². The van der Waals surface area contributed by atoms with Gasteiger partial charge >= 0.3 is 0 Å². The predicted octanol–water partition coefficient (Wildman–Crippen LogP) is 3.29. The first-order valence-electron chi connectivity index (χ1n) is 6.65. The van der Waals surface area contributed by atoms with Crippen molar-refractivity contribution in [1.82, 2.24) is 0 Å². The molecule has 2 nitrogen and oxygen atoms in total. The van der Waals surface area contributed by atoms with Crippen LogP contribution in [0.3, 0.4) is 0 Å². The van der Waals surface area contributed by atoms with E-state index in [-0.39, 0.29) is 16.9 Å². The number of rotatable bonds is 1. The standard InChI is InChI=1S/C16H27NO/c1-10(17)11-8-12(15(2,3)4)14(18)13(9-11)16(5,6)7/h8-10,18H,17H2,1-7H3/p+1/t10-/m1/s1. The van der Waals surface area contributed by atoms with E-state index in [0.29, 0.717) is 5.75 Å². The molecule has 0 saturated heterocycles. The molecule has 0 amide bonds. The van der Waals surface area contributed by atoms with Crippen LogP contribution in [0, 0.1) is 0 Å². The molecule has 0 unspecified atom stereocenters. The van der Waals surface area contributed by atoms with Crippen LogP contribution in [0.1, 0.15) is 71.2 Å². The summed E-state index contributed by atoms with van der Waals surface area (Å²) >= 11 is 0. The van der Waals surface area contributed by atoms with Gasteiger partial charge in [-0.3, -0.25) is 0 Å². The largest absolute Gasteiger partial charge is 0.507 e. The molecule has 0 radical (unpaired) electrons. The molecule has 0 aliphatic rings. The molecule has 1 aromatic rings. The van der Waals surface area contributed by atoms with Crippen molar-refractivity contribution in [2.45, 2.75) is 65.3 Å². The summed E-state index contributed by atoms with van der Waals surface area (Å²) in [6.45, 7) is 14.9. The van der Waals surface area contributed by atoms with Crippen molar-refractivity contribution in [3.63, 3.8) is 0 Å². The Hall–Kier alpha value is -1.02. The summed E-state index contributed by atoms with van der Waals surface area (Å²) in [5, 5.41) is 10.5. The van der Waals surface area contributed by atoms with E-state index in [1.165, 1.54) is 5.56 Å². The summed E-state index contributed by atoms with van der Waals surface area (Å²) in [4.78, 5) is 0.